The van der Waals surface area contributed by atoms with Crippen LogP contribution in [0, 0.1) is 20.8 Å². The zero-order valence-electron chi connectivity index (χ0n) is 23.7. The molecule has 218 valence electrons. The number of fused-ring (bicyclic) bond motifs is 4. The highest BCUT2D eigenvalue weighted by Gasteiger charge is 2.28. The molecule has 5 aromatic rings. The second-order valence-electron chi connectivity index (χ2n) is 10.2. The topological polar surface area (TPSA) is 165 Å². The van der Waals surface area contributed by atoms with Crippen LogP contribution in [-0.4, -0.2) is 75.8 Å². The lowest BCUT2D eigenvalue weighted by atomic mass is 9.98. The number of H-pyrrole nitrogens is 1. The summed E-state index contributed by atoms with van der Waals surface area (Å²) in [5, 5.41) is 27.1. The van der Waals surface area contributed by atoms with Crippen molar-refractivity contribution in [2.45, 2.75) is 33.3 Å². The number of ether oxygens (including phenoxy) is 3. The number of hydrogen-bond acceptors (Lipinski definition) is 10. The molecule has 4 N–H and O–H groups in total. The fraction of sp³-hybridized carbons (Fsp3) is 0.333. The number of benzene rings is 2. The van der Waals surface area contributed by atoms with Crippen molar-refractivity contribution < 1.29 is 33.7 Å². The second-order valence-corrected chi connectivity index (χ2v) is 10.2. The molecular weight excluding hydrogens is 542 g/mol. The largest absolute Gasteiger partial charge is 0.496 e. The first-order valence-electron chi connectivity index (χ1n) is 13.6. The van der Waals surface area contributed by atoms with E-state index in [1.807, 2.05) is 32.9 Å². The Morgan fingerprint density at radius 2 is 1.90 bits per heavy atom. The molecule has 0 aliphatic carbocycles. The number of methoxy groups -OCH3 is 1. The molecule has 6 rings (SSSR count). The first-order chi connectivity index (χ1) is 20.3. The van der Waals surface area contributed by atoms with E-state index in [9.17, 15) is 9.90 Å². The Morgan fingerprint density at radius 3 is 2.62 bits per heavy atom. The molecule has 0 bridgehead atoms. The van der Waals surface area contributed by atoms with Gasteiger partial charge in [0.2, 0.25) is 0 Å². The van der Waals surface area contributed by atoms with Crippen LogP contribution < -0.4 is 19.5 Å². The third-order valence-electron chi connectivity index (χ3n) is 7.35. The van der Waals surface area contributed by atoms with Crippen molar-refractivity contribution in [2.24, 2.45) is 0 Å². The fourth-order valence-corrected chi connectivity index (χ4v) is 5.40. The summed E-state index contributed by atoms with van der Waals surface area (Å²) in [4.78, 5) is 26.0. The van der Waals surface area contributed by atoms with Gasteiger partial charge in [-0.2, -0.15) is 0 Å². The van der Waals surface area contributed by atoms with Gasteiger partial charge >= 0.3 is 0 Å². The van der Waals surface area contributed by atoms with Gasteiger partial charge in [-0.05, 0) is 51.5 Å². The number of aromatic nitrogens is 4. The normalized spacial score (nSPS) is 13.5. The predicted molar refractivity (Wildman–Crippen MR) is 154 cm³/mol. The molecule has 12 heteroatoms. The summed E-state index contributed by atoms with van der Waals surface area (Å²) in [5.74, 6) is 2.25. The number of aromatic amines is 1. The van der Waals surface area contributed by atoms with E-state index in [1.165, 1.54) is 0 Å². The zero-order valence-corrected chi connectivity index (χ0v) is 23.7. The highest BCUT2D eigenvalue weighted by molar-refractivity contribution is 6.14. The van der Waals surface area contributed by atoms with Gasteiger partial charge in [-0.25, -0.2) is 9.97 Å². The van der Waals surface area contributed by atoms with Crippen LogP contribution in [0.4, 0.5) is 0 Å². The highest BCUT2D eigenvalue weighted by atomic mass is 16.6. The summed E-state index contributed by atoms with van der Waals surface area (Å²) in [7, 11) is 1.62. The van der Waals surface area contributed by atoms with Crippen LogP contribution in [-0.2, 0) is 0 Å². The SMILES string of the molecule is COc1cc2c(cc1-c1c(C)noc1C)[nH]c1nc(C)nc(-c3ccc(C(=O)NCCC(O)CO)c4c3OCCO4)c12. The van der Waals surface area contributed by atoms with Crippen molar-refractivity contribution in [3.63, 3.8) is 0 Å². The number of rotatable bonds is 8. The molecule has 1 unspecified atom stereocenters. The monoisotopic (exact) mass is 573 g/mol. The minimum absolute atomic E-state index is 0.191. The van der Waals surface area contributed by atoms with Crippen LogP contribution in [0.5, 0.6) is 17.2 Å². The lowest BCUT2D eigenvalue weighted by Crippen LogP contribution is -2.29. The van der Waals surface area contributed by atoms with Gasteiger partial charge in [0.25, 0.3) is 5.91 Å². The molecule has 1 amide bonds. The van der Waals surface area contributed by atoms with Gasteiger partial charge in [-0.15, -0.1) is 0 Å². The number of aliphatic hydroxyl groups is 2. The number of nitrogens with zero attached hydrogens (tertiary/aromatic N) is 3. The first kappa shape index (κ1) is 27.5. The number of nitrogens with one attached hydrogen (secondary N) is 2. The van der Waals surface area contributed by atoms with E-state index in [-0.39, 0.29) is 32.1 Å². The van der Waals surface area contributed by atoms with Crippen molar-refractivity contribution >= 4 is 27.8 Å². The van der Waals surface area contributed by atoms with Crippen molar-refractivity contribution in [2.75, 3.05) is 33.5 Å². The third-order valence-corrected chi connectivity index (χ3v) is 7.35. The van der Waals surface area contributed by atoms with E-state index in [0.717, 1.165) is 33.1 Å². The van der Waals surface area contributed by atoms with Crippen molar-refractivity contribution in [1.29, 1.82) is 0 Å². The maximum absolute atomic E-state index is 13.0. The summed E-state index contributed by atoms with van der Waals surface area (Å²) in [6.07, 6.45) is -0.681. The van der Waals surface area contributed by atoms with Crippen molar-refractivity contribution in [3.8, 4) is 39.6 Å². The molecule has 4 heterocycles. The Kier molecular flexibility index (Phi) is 7.17. The van der Waals surface area contributed by atoms with Crippen LogP contribution in [0.15, 0.2) is 28.8 Å². The average molecular weight is 574 g/mol. The zero-order chi connectivity index (χ0) is 29.5. The Bertz CT molecular complexity index is 1810. The number of carbonyl (C=O) groups is 1. The van der Waals surface area contributed by atoms with E-state index in [2.05, 4.69) is 20.4 Å². The lowest BCUT2D eigenvalue weighted by Gasteiger charge is -2.23. The first-order valence-corrected chi connectivity index (χ1v) is 13.6. The van der Waals surface area contributed by atoms with Gasteiger partial charge in [-0.1, -0.05) is 5.16 Å². The van der Waals surface area contributed by atoms with Crippen LogP contribution in [0.3, 0.4) is 0 Å². The molecule has 0 saturated heterocycles. The lowest BCUT2D eigenvalue weighted by molar-refractivity contribution is 0.0830. The number of aliphatic hydroxyl groups excluding tert-OH is 2. The molecular formula is C30H31N5O7. The summed E-state index contributed by atoms with van der Waals surface area (Å²) in [6.45, 7) is 5.99. The number of hydrogen-bond donors (Lipinski definition) is 4. The highest BCUT2D eigenvalue weighted by Crippen LogP contribution is 2.46. The van der Waals surface area contributed by atoms with Gasteiger partial charge in [0.15, 0.2) is 11.5 Å². The minimum atomic E-state index is -0.903. The molecule has 0 radical (unpaired) electrons. The smallest absolute Gasteiger partial charge is 0.255 e. The Balaban J connectivity index is 1.50. The minimum Gasteiger partial charge on any atom is -0.496 e. The number of aryl methyl sites for hydroxylation is 3. The standard InChI is InChI=1S/C30H31N5O7/c1-14-24(15(2)42-35-14)21-11-22-20(12-23(21)39-4)25-26(32-16(3)33-29(25)34-22)18-5-6-19(28-27(18)40-9-10-41-28)30(38)31-8-7-17(37)13-36/h5-6,11-12,17,36-37H,7-10,13H2,1-4H3,(H,31,38)(H,32,33,34). The van der Waals surface area contributed by atoms with Crippen LogP contribution in [0.2, 0.25) is 0 Å². The van der Waals surface area contributed by atoms with E-state index >= 15 is 0 Å². The Hall–Kier alpha value is -4.68. The summed E-state index contributed by atoms with van der Waals surface area (Å²) < 4.78 is 23.3. The van der Waals surface area contributed by atoms with E-state index < -0.39 is 6.10 Å². The summed E-state index contributed by atoms with van der Waals surface area (Å²) in [6, 6.07) is 7.41. The maximum atomic E-state index is 13.0. The Morgan fingerprint density at radius 1 is 1.12 bits per heavy atom. The molecule has 1 aliphatic heterocycles. The molecule has 2 aromatic carbocycles. The van der Waals surface area contributed by atoms with Gasteiger partial charge < -0.3 is 39.2 Å². The van der Waals surface area contributed by atoms with E-state index in [1.54, 1.807) is 19.2 Å². The molecule has 0 saturated carbocycles. The number of carbonyl (C=O) groups excluding carboxylic acids is 1. The molecule has 1 atom stereocenters. The van der Waals surface area contributed by atoms with Crippen LogP contribution in [0.25, 0.3) is 44.3 Å². The van der Waals surface area contributed by atoms with Crippen molar-refractivity contribution in [3.05, 3.63) is 47.1 Å². The average Bonchev–Trinajstić information content (AvgIpc) is 3.52. The molecule has 12 nitrogen and oxygen atoms in total. The van der Waals surface area contributed by atoms with Gasteiger partial charge in [0.05, 0.1) is 47.7 Å². The molecule has 0 spiro atoms. The van der Waals surface area contributed by atoms with E-state index in [0.29, 0.717) is 57.9 Å². The Labute approximate surface area is 240 Å². The second kappa shape index (κ2) is 11.0. The number of amides is 1. The third kappa shape index (κ3) is 4.68. The molecule has 3 aromatic heterocycles. The van der Waals surface area contributed by atoms with Gasteiger partial charge in [0, 0.05) is 28.6 Å². The van der Waals surface area contributed by atoms with E-state index in [4.69, 9.17) is 28.8 Å². The fourth-order valence-electron chi connectivity index (χ4n) is 5.40. The predicted octanol–water partition coefficient (Wildman–Crippen LogP) is 3.61. The maximum Gasteiger partial charge on any atom is 0.255 e. The van der Waals surface area contributed by atoms with Gasteiger partial charge in [0.1, 0.15) is 36.2 Å². The van der Waals surface area contributed by atoms with Crippen LogP contribution in [0.1, 0.15) is 34.1 Å². The molecule has 42 heavy (non-hydrogen) atoms. The molecule has 0 fully saturated rings. The summed E-state index contributed by atoms with van der Waals surface area (Å²) in [5.41, 5.74) is 5.52. The van der Waals surface area contributed by atoms with Crippen molar-refractivity contribution in [1.82, 2.24) is 25.4 Å². The quantitative estimate of drug-likeness (QED) is 0.215. The molecule has 1 aliphatic rings. The van der Waals surface area contributed by atoms with Gasteiger partial charge in [-0.3, -0.25) is 4.79 Å². The van der Waals surface area contributed by atoms with Crippen LogP contribution >= 0.6 is 0 Å². The summed E-state index contributed by atoms with van der Waals surface area (Å²) >= 11 is 0.